The van der Waals surface area contributed by atoms with Gasteiger partial charge >= 0.3 is 0 Å². The second-order valence-corrected chi connectivity index (χ2v) is 3.55. The van der Waals surface area contributed by atoms with Gasteiger partial charge in [0.2, 0.25) is 5.95 Å². The number of H-pyrrole nitrogens is 1. The molecule has 4 heteroatoms. The maximum atomic E-state index is 4.27. The molecule has 0 bridgehead atoms. The van der Waals surface area contributed by atoms with Crippen molar-refractivity contribution in [2.75, 3.05) is 11.9 Å². The van der Waals surface area contributed by atoms with Gasteiger partial charge < -0.3 is 4.90 Å². The van der Waals surface area contributed by atoms with Crippen LogP contribution in [0.1, 0.15) is 11.4 Å². The Hall–Kier alpha value is -1.84. The zero-order valence-corrected chi connectivity index (χ0v) is 8.94. The Kier molecular flexibility index (Phi) is 2.67. The Morgan fingerprint density at radius 1 is 1.27 bits per heavy atom. The molecule has 0 amide bonds. The topological polar surface area (TPSA) is 44.8 Å². The first kappa shape index (κ1) is 9.71. The lowest BCUT2D eigenvalue weighted by Crippen LogP contribution is -2.17. The second kappa shape index (κ2) is 4.13. The summed E-state index contributed by atoms with van der Waals surface area (Å²) in [5, 5.41) is 6.89. The Labute approximate surface area is 89.0 Å². The van der Waals surface area contributed by atoms with Gasteiger partial charge in [-0.05, 0) is 12.5 Å². The Morgan fingerprint density at radius 2 is 2.00 bits per heavy atom. The molecule has 2 rings (SSSR count). The second-order valence-electron chi connectivity index (χ2n) is 3.55. The molecule has 78 valence electrons. The highest BCUT2D eigenvalue weighted by molar-refractivity contribution is 5.29. The van der Waals surface area contributed by atoms with Gasteiger partial charge in [-0.3, -0.25) is 0 Å². The van der Waals surface area contributed by atoms with Gasteiger partial charge in [0.05, 0.1) is 0 Å². The van der Waals surface area contributed by atoms with Crippen molar-refractivity contribution in [1.29, 1.82) is 0 Å². The maximum absolute atomic E-state index is 4.27. The zero-order chi connectivity index (χ0) is 10.7. The molecule has 2 aromatic rings. The zero-order valence-electron chi connectivity index (χ0n) is 8.94. The molecule has 4 nitrogen and oxygen atoms in total. The van der Waals surface area contributed by atoms with E-state index in [0.29, 0.717) is 0 Å². The van der Waals surface area contributed by atoms with Crippen LogP contribution in [0.25, 0.3) is 0 Å². The lowest BCUT2D eigenvalue weighted by molar-refractivity contribution is 0.871. The minimum Gasteiger partial charge on any atom is -0.340 e. The minimum absolute atomic E-state index is 0.768. The SMILES string of the molecule is Cc1n[nH]c(N(C)Cc2ccccc2)n1. The van der Waals surface area contributed by atoms with E-state index in [1.807, 2.05) is 37.1 Å². The van der Waals surface area contributed by atoms with Gasteiger partial charge in [-0.2, -0.15) is 10.1 Å². The van der Waals surface area contributed by atoms with Crippen LogP contribution >= 0.6 is 0 Å². The molecule has 0 aliphatic rings. The molecule has 1 aromatic heterocycles. The Balaban J connectivity index is 2.07. The summed E-state index contributed by atoms with van der Waals surface area (Å²) in [7, 11) is 1.99. The molecule has 15 heavy (non-hydrogen) atoms. The standard InChI is InChI=1S/C11H14N4/c1-9-12-11(14-13-9)15(2)8-10-6-4-3-5-7-10/h3-7H,8H2,1-2H3,(H,12,13,14). The molecule has 0 saturated carbocycles. The van der Waals surface area contributed by atoms with E-state index in [9.17, 15) is 0 Å². The van der Waals surface area contributed by atoms with Crippen molar-refractivity contribution in [2.24, 2.45) is 0 Å². The summed E-state index contributed by atoms with van der Waals surface area (Å²) in [4.78, 5) is 6.30. The first-order valence-corrected chi connectivity index (χ1v) is 4.90. The van der Waals surface area contributed by atoms with Gasteiger partial charge in [0.15, 0.2) is 0 Å². The molecule has 1 aromatic carbocycles. The maximum Gasteiger partial charge on any atom is 0.221 e. The van der Waals surface area contributed by atoms with Crippen LogP contribution in [0.4, 0.5) is 5.95 Å². The number of benzene rings is 1. The van der Waals surface area contributed by atoms with E-state index in [0.717, 1.165) is 18.3 Å². The van der Waals surface area contributed by atoms with Gasteiger partial charge in [0, 0.05) is 13.6 Å². The first-order valence-electron chi connectivity index (χ1n) is 4.90. The average molecular weight is 202 g/mol. The van der Waals surface area contributed by atoms with Crippen LogP contribution in [0.5, 0.6) is 0 Å². The lowest BCUT2D eigenvalue weighted by atomic mass is 10.2. The highest BCUT2D eigenvalue weighted by Gasteiger charge is 2.05. The van der Waals surface area contributed by atoms with E-state index in [1.165, 1.54) is 5.56 Å². The fraction of sp³-hybridized carbons (Fsp3) is 0.273. The lowest BCUT2D eigenvalue weighted by Gasteiger charge is -2.14. The van der Waals surface area contributed by atoms with Crippen molar-refractivity contribution >= 4 is 5.95 Å². The van der Waals surface area contributed by atoms with E-state index in [4.69, 9.17) is 0 Å². The smallest absolute Gasteiger partial charge is 0.221 e. The number of nitrogens with one attached hydrogen (secondary N) is 1. The predicted octanol–water partition coefficient (Wildman–Crippen LogP) is 1.75. The summed E-state index contributed by atoms with van der Waals surface area (Å²) < 4.78 is 0. The molecule has 0 fully saturated rings. The normalized spacial score (nSPS) is 10.3. The molecule has 1 N–H and O–H groups in total. The van der Waals surface area contributed by atoms with E-state index in [-0.39, 0.29) is 0 Å². The number of aromatic nitrogens is 3. The summed E-state index contributed by atoms with van der Waals surface area (Å²) in [5.41, 5.74) is 1.26. The van der Waals surface area contributed by atoms with Crippen molar-refractivity contribution < 1.29 is 0 Å². The van der Waals surface area contributed by atoms with Gasteiger partial charge in [-0.25, -0.2) is 5.10 Å². The summed E-state index contributed by atoms with van der Waals surface area (Å²) in [5.74, 6) is 1.57. The molecule has 0 atom stereocenters. The highest BCUT2D eigenvalue weighted by atomic mass is 15.3. The number of aryl methyl sites for hydroxylation is 1. The molecule has 0 spiro atoms. The number of nitrogens with zero attached hydrogens (tertiary/aromatic N) is 3. The molecule has 0 unspecified atom stereocenters. The Morgan fingerprint density at radius 3 is 2.60 bits per heavy atom. The van der Waals surface area contributed by atoms with Crippen LogP contribution < -0.4 is 4.90 Å². The summed E-state index contributed by atoms with van der Waals surface area (Å²) in [6.45, 7) is 2.70. The van der Waals surface area contributed by atoms with E-state index >= 15 is 0 Å². The molecule has 0 saturated heterocycles. The van der Waals surface area contributed by atoms with Crippen molar-refractivity contribution in [3.05, 3.63) is 41.7 Å². The van der Waals surface area contributed by atoms with Crippen LogP contribution in [-0.4, -0.2) is 22.2 Å². The minimum atomic E-state index is 0.768. The number of aromatic amines is 1. The third-order valence-corrected chi connectivity index (χ3v) is 2.21. The number of hydrogen-bond acceptors (Lipinski definition) is 3. The van der Waals surface area contributed by atoms with Gasteiger partial charge in [0.1, 0.15) is 5.82 Å². The predicted molar refractivity (Wildman–Crippen MR) is 59.7 cm³/mol. The molecule has 0 aliphatic heterocycles. The van der Waals surface area contributed by atoms with E-state index in [2.05, 4.69) is 27.3 Å². The molecule has 1 heterocycles. The first-order chi connectivity index (χ1) is 7.25. The van der Waals surface area contributed by atoms with Crippen molar-refractivity contribution in [1.82, 2.24) is 15.2 Å². The Bertz CT molecular complexity index is 421. The molecule has 0 aliphatic carbocycles. The van der Waals surface area contributed by atoms with Crippen molar-refractivity contribution in [3.63, 3.8) is 0 Å². The van der Waals surface area contributed by atoms with Crippen LogP contribution in [0.3, 0.4) is 0 Å². The molecular formula is C11H14N4. The third-order valence-electron chi connectivity index (χ3n) is 2.21. The van der Waals surface area contributed by atoms with Crippen LogP contribution in [0.2, 0.25) is 0 Å². The van der Waals surface area contributed by atoms with Gasteiger partial charge in [-0.15, -0.1) is 0 Å². The van der Waals surface area contributed by atoms with Crippen LogP contribution in [0, 0.1) is 6.92 Å². The van der Waals surface area contributed by atoms with Crippen molar-refractivity contribution in [2.45, 2.75) is 13.5 Å². The van der Waals surface area contributed by atoms with Gasteiger partial charge in [0.25, 0.3) is 0 Å². The number of hydrogen-bond donors (Lipinski definition) is 1. The van der Waals surface area contributed by atoms with Gasteiger partial charge in [-0.1, -0.05) is 30.3 Å². The fourth-order valence-electron chi connectivity index (χ4n) is 1.44. The van der Waals surface area contributed by atoms with E-state index < -0.39 is 0 Å². The molecule has 0 radical (unpaired) electrons. The van der Waals surface area contributed by atoms with Crippen LogP contribution in [0.15, 0.2) is 30.3 Å². The fourth-order valence-corrected chi connectivity index (χ4v) is 1.44. The summed E-state index contributed by atoms with van der Waals surface area (Å²) in [6.07, 6.45) is 0. The third kappa shape index (κ3) is 2.34. The molecular weight excluding hydrogens is 188 g/mol. The summed E-state index contributed by atoms with van der Waals surface area (Å²) in [6, 6.07) is 10.3. The largest absolute Gasteiger partial charge is 0.340 e. The van der Waals surface area contributed by atoms with Crippen molar-refractivity contribution in [3.8, 4) is 0 Å². The number of rotatable bonds is 3. The highest BCUT2D eigenvalue weighted by Crippen LogP contribution is 2.09. The van der Waals surface area contributed by atoms with E-state index in [1.54, 1.807) is 0 Å². The summed E-state index contributed by atoms with van der Waals surface area (Å²) >= 11 is 0. The average Bonchev–Trinajstić information content (AvgIpc) is 2.66. The van der Waals surface area contributed by atoms with Crippen LogP contribution in [-0.2, 0) is 6.54 Å². The monoisotopic (exact) mass is 202 g/mol. The quantitative estimate of drug-likeness (QED) is 0.824. The number of anilines is 1.